The maximum Gasteiger partial charge on any atom is 0.0502 e. The molecule has 1 atom stereocenters. The van der Waals surface area contributed by atoms with Gasteiger partial charge in [-0.2, -0.15) is 0 Å². The molecule has 2 nitrogen and oxygen atoms in total. The van der Waals surface area contributed by atoms with Gasteiger partial charge in [0.2, 0.25) is 0 Å². The average Bonchev–Trinajstić information content (AvgIpc) is 2.16. The van der Waals surface area contributed by atoms with E-state index < -0.39 is 0 Å². The largest absolute Gasteiger partial charge is 0.384 e. The summed E-state index contributed by atoms with van der Waals surface area (Å²) in [6, 6.07) is 0. The Morgan fingerprint density at radius 2 is 2.38 bits per heavy atom. The van der Waals surface area contributed by atoms with Crippen molar-refractivity contribution in [3.8, 4) is 0 Å². The predicted molar refractivity (Wildman–Crippen MR) is 56.4 cm³/mol. The Bertz CT molecular complexity index is 130. The molecule has 1 aliphatic heterocycles. The van der Waals surface area contributed by atoms with Gasteiger partial charge in [0.15, 0.2) is 0 Å². The molecule has 0 N–H and O–H groups in total. The standard InChI is InChI=1S/C10H20ClNO/c1-13-9-10-4-2-6-12(8-10)7-3-5-11/h10H,2-9H2,1H3. The number of methoxy groups -OCH3 is 1. The smallest absolute Gasteiger partial charge is 0.0502 e. The van der Waals surface area contributed by atoms with Gasteiger partial charge >= 0.3 is 0 Å². The fourth-order valence-corrected chi connectivity index (χ4v) is 2.13. The molecular formula is C10H20ClNO. The van der Waals surface area contributed by atoms with Crippen LogP contribution < -0.4 is 0 Å². The maximum atomic E-state index is 5.67. The van der Waals surface area contributed by atoms with E-state index in [1.54, 1.807) is 7.11 Å². The van der Waals surface area contributed by atoms with Crippen molar-refractivity contribution in [2.45, 2.75) is 19.3 Å². The van der Waals surface area contributed by atoms with Crippen molar-refractivity contribution in [3.63, 3.8) is 0 Å². The van der Waals surface area contributed by atoms with Gasteiger partial charge in [-0.25, -0.2) is 0 Å². The van der Waals surface area contributed by atoms with Gasteiger partial charge < -0.3 is 9.64 Å². The molecule has 0 spiro atoms. The van der Waals surface area contributed by atoms with Crippen molar-refractivity contribution < 1.29 is 4.74 Å². The zero-order valence-corrected chi connectivity index (χ0v) is 9.22. The maximum absolute atomic E-state index is 5.67. The molecule has 1 saturated heterocycles. The fourth-order valence-electron chi connectivity index (χ4n) is 2.01. The molecule has 1 unspecified atom stereocenters. The number of nitrogens with zero attached hydrogens (tertiary/aromatic N) is 1. The van der Waals surface area contributed by atoms with E-state index in [-0.39, 0.29) is 0 Å². The lowest BCUT2D eigenvalue weighted by molar-refractivity contribution is 0.0908. The van der Waals surface area contributed by atoms with Crippen LogP contribution in [0.15, 0.2) is 0 Å². The summed E-state index contributed by atoms with van der Waals surface area (Å²) in [5.74, 6) is 1.53. The lowest BCUT2D eigenvalue weighted by atomic mass is 9.99. The Morgan fingerprint density at radius 3 is 3.08 bits per heavy atom. The molecule has 0 saturated carbocycles. The SMILES string of the molecule is COCC1CCCN(CCCCl)C1. The van der Waals surface area contributed by atoms with Crippen LogP contribution in [0.5, 0.6) is 0 Å². The van der Waals surface area contributed by atoms with Crippen LogP contribution in [0.25, 0.3) is 0 Å². The summed E-state index contributed by atoms with van der Waals surface area (Å²) in [4.78, 5) is 2.51. The highest BCUT2D eigenvalue weighted by atomic mass is 35.5. The zero-order chi connectivity index (χ0) is 9.52. The van der Waals surface area contributed by atoms with Crippen molar-refractivity contribution >= 4 is 11.6 Å². The molecule has 0 amide bonds. The van der Waals surface area contributed by atoms with E-state index in [0.29, 0.717) is 0 Å². The van der Waals surface area contributed by atoms with Crippen LogP contribution in [-0.2, 0) is 4.74 Å². The van der Waals surface area contributed by atoms with E-state index in [1.807, 2.05) is 0 Å². The van der Waals surface area contributed by atoms with E-state index >= 15 is 0 Å². The van der Waals surface area contributed by atoms with Crippen LogP contribution in [0.3, 0.4) is 0 Å². The number of halogens is 1. The van der Waals surface area contributed by atoms with Crippen LogP contribution in [0.4, 0.5) is 0 Å². The number of rotatable bonds is 5. The van der Waals surface area contributed by atoms with Gasteiger partial charge in [-0.1, -0.05) is 0 Å². The molecule has 0 aliphatic carbocycles. The zero-order valence-electron chi connectivity index (χ0n) is 8.47. The molecule has 1 heterocycles. The normalized spacial score (nSPS) is 24.9. The van der Waals surface area contributed by atoms with Crippen molar-refractivity contribution in [1.29, 1.82) is 0 Å². The minimum atomic E-state index is 0.745. The second-order valence-electron chi connectivity index (χ2n) is 3.81. The molecule has 0 aromatic rings. The second-order valence-corrected chi connectivity index (χ2v) is 4.18. The number of alkyl halides is 1. The topological polar surface area (TPSA) is 12.5 Å². The lowest BCUT2D eigenvalue weighted by Crippen LogP contribution is -2.37. The highest BCUT2D eigenvalue weighted by Crippen LogP contribution is 2.16. The van der Waals surface area contributed by atoms with Crippen LogP contribution in [-0.4, -0.2) is 44.1 Å². The molecule has 0 aromatic carbocycles. The lowest BCUT2D eigenvalue weighted by Gasteiger charge is -2.32. The number of piperidine rings is 1. The molecule has 0 radical (unpaired) electrons. The Morgan fingerprint density at radius 1 is 1.54 bits per heavy atom. The Hall–Kier alpha value is 0.210. The van der Waals surface area contributed by atoms with Gasteiger partial charge in [-0.05, 0) is 38.3 Å². The summed E-state index contributed by atoms with van der Waals surface area (Å²) < 4.78 is 5.18. The van der Waals surface area contributed by atoms with Gasteiger partial charge in [0, 0.05) is 19.5 Å². The first kappa shape index (κ1) is 11.3. The van der Waals surface area contributed by atoms with Crippen molar-refractivity contribution in [2.24, 2.45) is 5.92 Å². The van der Waals surface area contributed by atoms with E-state index in [2.05, 4.69) is 4.90 Å². The molecule has 1 fully saturated rings. The average molecular weight is 206 g/mol. The van der Waals surface area contributed by atoms with E-state index in [4.69, 9.17) is 16.3 Å². The minimum Gasteiger partial charge on any atom is -0.384 e. The predicted octanol–water partition coefficient (Wildman–Crippen LogP) is 1.97. The van der Waals surface area contributed by atoms with Gasteiger partial charge in [-0.15, -0.1) is 11.6 Å². The number of ether oxygens (including phenoxy) is 1. The molecule has 1 rings (SSSR count). The first-order valence-electron chi connectivity index (χ1n) is 5.14. The third-order valence-corrected chi connectivity index (χ3v) is 2.88. The van der Waals surface area contributed by atoms with Gasteiger partial charge in [-0.3, -0.25) is 0 Å². The van der Waals surface area contributed by atoms with Crippen molar-refractivity contribution in [1.82, 2.24) is 4.90 Å². The van der Waals surface area contributed by atoms with Crippen LogP contribution >= 0.6 is 11.6 Å². The molecule has 3 heteroatoms. The molecule has 1 aliphatic rings. The quantitative estimate of drug-likeness (QED) is 0.637. The van der Waals surface area contributed by atoms with E-state index in [1.165, 1.54) is 25.9 Å². The fraction of sp³-hybridized carbons (Fsp3) is 1.00. The summed E-state index contributed by atoms with van der Waals surface area (Å²) in [6.45, 7) is 4.52. The van der Waals surface area contributed by atoms with Gasteiger partial charge in [0.1, 0.15) is 0 Å². The van der Waals surface area contributed by atoms with Gasteiger partial charge in [0.05, 0.1) is 6.61 Å². The first-order chi connectivity index (χ1) is 6.36. The summed E-state index contributed by atoms with van der Waals surface area (Å²) in [5, 5.41) is 0. The third-order valence-electron chi connectivity index (χ3n) is 2.61. The minimum absolute atomic E-state index is 0.745. The molecule has 13 heavy (non-hydrogen) atoms. The van der Waals surface area contributed by atoms with Crippen molar-refractivity contribution in [2.75, 3.05) is 39.2 Å². The monoisotopic (exact) mass is 205 g/mol. The first-order valence-corrected chi connectivity index (χ1v) is 5.67. The Kier molecular flexibility index (Phi) is 5.76. The third kappa shape index (κ3) is 4.30. The summed E-state index contributed by atoms with van der Waals surface area (Å²) in [7, 11) is 1.79. The van der Waals surface area contributed by atoms with Crippen LogP contribution in [0.2, 0.25) is 0 Å². The molecule has 0 bridgehead atoms. The van der Waals surface area contributed by atoms with Gasteiger partial charge in [0.25, 0.3) is 0 Å². The number of hydrogen-bond acceptors (Lipinski definition) is 2. The number of likely N-dealkylation sites (tertiary alicyclic amines) is 1. The highest BCUT2D eigenvalue weighted by Gasteiger charge is 2.18. The molecular weight excluding hydrogens is 186 g/mol. The van der Waals surface area contributed by atoms with E-state index in [0.717, 1.165) is 31.4 Å². The number of hydrogen-bond donors (Lipinski definition) is 0. The Balaban J connectivity index is 2.16. The molecule has 78 valence electrons. The highest BCUT2D eigenvalue weighted by molar-refractivity contribution is 6.17. The molecule has 0 aromatic heterocycles. The summed E-state index contributed by atoms with van der Waals surface area (Å²) in [5.41, 5.74) is 0. The summed E-state index contributed by atoms with van der Waals surface area (Å²) >= 11 is 5.67. The summed E-state index contributed by atoms with van der Waals surface area (Å²) in [6.07, 6.45) is 3.75. The van der Waals surface area contributed by atoms with Crippen LogP contribution in [0, 0.1) is 5.92 Å². The Labute approximate surface area is 86.2 Å². The van der Waals surface area contributed by atoms with E-state index in [9.17, 15) is 0 Å². The second kappa shape index (κ2) is 6.63. The van der Waals surface area contributed by atoms with Crippen molar-refractivity contribution in [3.05, 3.63) is 0 Å². The van der Waals surface area contributed by atoms with Crippen LogP contribution in [0.1, 0.15) is 19.3 Å².